The van der Waals surface area contributed by atoms with Crippen molar-refractivity contribution in [2.45, 2.75) is 91.8 Å². The highest BCUT2D eigenvalue weighted by atomic mass is 32.1. The molecule has 12 nitrogen and oxygen atoms in total. The molecule has 0 aliphatic heterocycles. The van der Waals surface area contributed by atoms with Gasteiger partial charge in [-0.3, -0.25) is 29.9 Å². The zero-order valence-corrected chi connectivity index (χ0v) is 27.3. The third-order valence-corrected chi connectivity index (χ3v) is 8.67. The van der Waals surface area contributed by atoms with E-state index in [0.29, 0.717) is 23.4 Å². The number of nitrogens with zero attached hydrogens (tertiary/aromatic N) is 2. The smallest absolute Gasteiger partial charge is 0.306 e. The largest absolute Gasteiger partial charge is 0.506 e. The van der Waals surface area contributed by atoms with Crippen LogP contribution in [0.4, 0.5) is 5.69 Å². The molecule has 5 N–H and O–H groups in total. The second-order valence-electron chi connectivity index (χ2n) is 11.8. The summed E-state index contributed by atoms with van der Waals surface area (Å²) in [6.07, 6.45) is 1.16. The number of aromatic hydroxyl groups is 1. The van der Waals surface area contributed by atoms with E-state index in [2.05, 4.69) is 10.3 Å². The molecule has 0 fully saturated rings. The van der Waals surface area contributed by atoms with Crippen LogP contribution in [0.25, 0.3) is 0 Å². The molecule has 0 aliphatic rings. The lowest BCUT2D eigenvalue weighted by Gasteiger charge is -2.34. The number of benzene rings is 1. The molecule has 1 aromatic carbocycles. The van der Waals surface area contributed by atoms with Crippen molar-refractivity contribution in [3.63, 3.8) is 0 Å². The van der Waals surface area contributed by atoms with Crippen LogP contribution in [0, 0.1) is 17.8 Å². The van der Waals surface area contributed by atoms with Gasteiger partial charge in [0.05, 0.1) is 5.92 Å². The number of nitrogens with one attached hydrogen (secondary N) is 2. The molecule has 1 aromatic heterocycles. The number of aromatic nitrogens is 1. The molecule has 244 valence electrons. The third-order valence-electron chi connectivity index (χ3n) is 7.73. The molecule has 5 unspecified atom stereocenters. The highest BCUT2D eigenvalue weighted by molar-refractivity contribution is 7.09. The Morgan fingerprint density at radius 2 is 1.80 bits per heavy atom. The predicted molar refractivity (Wildman–Crippen MR) is 167 cm³/mol. The number of carboxylic acids is 1. The Balaban J connectivity index is 2.29. The number of carboxylic acid groups (broad SMARTS) is 1. The number of carbonyl (C=O) groups excluding carboxylic acids is 3. The number of carbonyl (C=O) groups is 4. The molecular formula is C31H46N4O8S. The maximum absolute atomic E-state index is 13.3. The second kappa shape index (κ2) is 17.0. The highest BCUT2D eigenvalue weighted by Gasteiger charge is 2.31. The van der Waals surface area contributed by atoms with Crippen LogP contribution in [0.2, 0.25) is 0 Å². The van der Waals surface area contributed by atoms with Gasteiger partial charge >= 0.3 is 11.9 Å². The lowest BCUT2D eigenvalue weighted by molar-refractivity contribution is -0.148. The number of aliphatic carboxylic acids is 1. The third kappa shape index (κ3) is 10.8. The van der Waals surface area contributed by atoms with Gasteiger partial charge in [0.15, 0.2) is 6.10 Å². The minimum Gasteiger partial charge on any atom is -0.506 e. The number of anilines is 1. The Kier molecular flexibility index (Phi) is 14.1. The van der Waals surface area contributed by atoms with Crippen LogP contribution in [0.1, 0.15) is 94.4 Å². The van der Waals surface area contributed by atoms with Gasteiger partial charge in [-0.15, -0.1) is 11.3 Å². The average molecular weight is 635 g/mol. The molecule has 0 saturated heterocycles. The molecule has 1 heterocycles. The van der Waals surface area contributed by atoms with Crippen molar-refractivity contribution in [3.8, 4) is 5.75 Å². The zero-order chi connectivity index (χ0) is 33.1. The van der Waals surface area contributed by atoms with Gasteiger partial charge in [0.25, 0.3) is 5.91 Å². The average Bonchev–Trinajstić information content (AvgIpc) is 3.45. The van der Waals surface area contributed by atoms with Gasteiger partial charge in [0.2, 0.25) is 5.91 Å². The van der Waals surface area contributed by atoms with Gasteiger partial charge in [-0.25, -0.2) is 4.98 Å². The van der Waals surface area contributed by atoms with Crippen molar-refractivity contribution in [1.82, 2.24) is 15.2 Å². The maximum Gasteiger partial charge on any atom is 0.306 e. The molecular weight excluding hydrogens is 588 g/mol. The first kappa shape index (κ1) is 36.5. The lowest BCUT2D eigenvalue weighted by atomic mass is 9.95. The first-order valence-corrected chi connectivity index (χ1v) is 15.7. The molecule has 0 bridgehead atoms. The van der Waals surface area contributed by atoms with E-state index < -0.39 is 35.9 Å². The zero-order valence-electron chi connectivity index (χ0n) is 26.5. The fraction of sp³-hybridized carbons (Fsp3) is 0.581. The molecule has 2 aromatic rings. The molecule has 2 amide bonds. The summed E-state index contributed by atoms with van der Waals surface area (Å²) in [5.74, 6) is -2.68. The number of rotatable bonds is 17. The van der Waals surface area contributed by atoms with E-state index in [1.807, 2.05) is 33.2 Å². The van der Waals surface area contributed by atoms with E-state index in [9.17, 15) is 34.6 Å². The van der Waals surface area contributed by atoms with Gasteiger partial charge in [-0.05, 0) is 42.4 Å². The summed E-state index contributed by atoms with van der Waals surface area (Å²) in [5.41, 5.74) is 2.71. The minimum absolute atomic E-state index is 0.0102. The number of phenolic OH excluding ortho intramolecular Hbond substituents is 1. The number of amides is 2. The fourth-order valence-electron chi connectivity index (χ4n) is 4.87. The van der Waals surface area contributed by atoms with Crippen molar-refractivity contribution in [3.05, 3.63) is 39.8 Å². The lowest BCUT2D eigenvalue weighted by Crippen LogP contribution is -2.42. The van der Waals surface area contributed by atoms with Crippen molar-refractivity contribution < 1.29 is 39.3 Å². The summed E-state index contributed by atoms with van der Waals surface area (Å²) >= 11 is 1.16. The van der Waals surface area contributed by atoms with Gasteiger partial charge < -0.3 is 25.2 Å². The Morgan fingerprint density at radius 3 is 2.36 bits per heavy atom. The van der Waals surface area contributed by atoms with E-state index in [-0.39, 0.29) is 53.8 Å². The first-order chi connectivity index (χ1) is 20.7. The Morgan fingerprint density at radius 1 is 1.11 bits per heavy atom. The summed E-state index contributed by atoms with van der Waals surface area (Å²) < 4.78 is 5.64. The van der Waals surface area contributed by atoms with E-state index in [0.717, 1.165) is 17.8 Å². The Bertz CT molecular complexity index is 1280. The number of hydrogen-bond acceptors (Lipinski definition) is 10. The molecule has 44 heavy (non-hydrogen) atoms. The van der Waals surface area contributed by atoms with Gasteiger partial charge in [0.1, 0.15) is 22.1 Å². The summed E-state index contributed by atoms with van der Waals surface area (Å²) in [4.78, 5) is 56.2. The molecule has 5 atom stereocenters. The summed E-state index contributed by atoms with van der Waals surface area (Å²) in [6.45, 7) is 10.9. The molecule has 2 rings (SSSR count). The number of esters is 1. The van der Waals surface area contributed by atoms with Gasteiger partial charge in [-0.2, -0.15) is 0 Å². The first-order valence-electron chi connectivity index (χ1n) is 14.8. The van der Waals surface area contributed by atoms with Crippen LogP contribution < -0.4 is 10.8 Å². The van der Waals surface area contributed by atoms with E-state index >= 15 is 0 Å². The highest BCUT2D eigenvalue weighted by Crippen LogP contribution is 2.31. The van der Waals surface area contributed by atoms with E-state index in [1.165, 1.54) is 19.1 Å². The fourth-order valence-corrected chi connectivity index (χ4v) is 5.71. The van der Waals surface area contributed by atoms with Crippen molar-refractivity contribution >= 4 is 40.8 Å². The van der Waals surface area contributed by atoms with Crippen molar-refractivity contribution in [2.24, 2.45) is 17.8 Å². The summed E-state index contributed by atoms with van der Waals surface area (Å²) in [7, 11) is 1.76. The maximum atomic E-state index is 13.3. The summed E-state index contributed by atoms with van der Waals surface area (Å²) in [6, 6.07) is 3.63. The normalized spacial score (nSPS) is 14.7. The van der Waals surface area contributed by atoms with Crippen LogP contribution in [0.3, 0.4) is 0 Å². The SMILES string of the molecule is CCC(C)CC(=O)N(C)C(CC(OC(C)=O)c1nc(C(=O)NC(Cc2ccc(O)c(NO)c2)CC(C)C(=O)O)cs1)C(C)C. The minimum atomic E-state index is -1.01. The van der Waals surface area contributed by atoms with Crippen molar-refractivity contribution in [2.75, 3.05) is 12.5 Å². The molecule has 13 heteroatoms. The summed E-state index contributed by atoms with van der Waals surface area (Å²) in [5, 5.41) is 33.4. The monoisotopic (exact) mass is 634 g/mol. The van der Waals surface area contributed by atoms with Gasteiger partial charge in [-0.1, -0.05) is 47.1 Å². The van der Waals surface area contributed by atoms with Crippen LogP contribution in [-0.2, 0) is 25.5 Å². The van der Waals surface area contributed by atoms with Crippen LogP contribution >= 0.6 is 11.3 Å². The topological polar surface area (TPSA) is 178 Å². The molecule has 0 saturated carbocycles. The number of hydrogen-bond donors (Lipinski definition) is 5. The van der Waals surface area contributed by atoms with E-state index in [4.69, 9.17) is 4.74 Å². The van der Waals surface area contributed by atoms with Gasteiger partial charge in [0, 0.05) is 44.3 Å². The quantitative estimate of drug-likeness (QED) is 0.0902. The van der Waals surface area contributed by atoms with Crippen LogP contribution in [-0.4, -0.2) is 68.2 Å². The number of ether oxygens (including phenoxy) is 1. The predicted octanol–water partition coefficient (Wildman–Crippen LogP) is 5.02. The van der Waals surface area contributed by atoms with E-state index in [1.54, 1.807) is 30.3 Å². The standard InChI is InChI=1S/C31H46N4O8S/c1-8-18(4)11-28(38)35(7)25(17(2)3)15-27(43-20(6)36)30-33-24(16-44-30)29(39)32-22(12-19(5)31(40)41)13-21-9-10-26(37)23(14-21)34-42/h9-10,14,16-19,22,25,27,34,37,42H,8,11-13,15H2,1-7H3,(H,32,39)(H,40,41). The van der Waals surface area contributed by atoms with Crippen LogP contribution in [0.15, 0.2) is 23.6 Å². The Hall–Kier alpha value is -3.71. The molecule has 0 radical (unpaired) electrons. The molecule has 0 aliphatic carbocycles. The second-order valence-corrected chi connectivity index (χ2v) is 12.6. The molecule has 0 spiro atoms. The van der Waals surface area contributed by atoms with Crippen LogP contribution in [0.5, 0.6) is 5.75 Å². The van der Waals surface area contributed by atoms with Crippen molar-refractivity contribution in [1.29, 1.82) is 0 Å². The number of thiazole rings is 1. The Labute approximate surface area is 262 Å². The number of phenols is 1.